The Morgan fingerprint density at radius 1 is 0.667 bits per heavy atom. The van der Waals surface area contributed by atoms with Crippen LogP contribution in [0.3, 0.4) is 0 Å². The van der Waals surface area contributed by atoms with E-state index in [-0.39, 0.29) is 0 Å². The minimum atomic E-state index is -0.896. The van der Waals surface area contributed by atoms with Crippen molar-refractivity contribution in [3.05, 3.63) is 89.5 Å². The van der Waals surface area contributed by atoms with E-state index in [4.69, 9.17) is 23.7 Å². The van der Waals surface area contributed by atoms with Gasteiger partial charge in [-0.2, -0.15) is 0 Å². The molecule has 0 heterocycles. The maximum absolute atomic E-state index is 11.5. The number of carbonyl (C=O) groups excluding carboxylic acids is 2. The first-order valence-electron chi connectivity index (χ1n) is 12.8. The van der Waals surface area contributed by atoms with E-state index in [2.05, 4.69) is 9.47 Å². The van der Waals surface area contributed by atoms with E-state index in [1.807, 2.05) is 0 Å². The molecule has 0 bridgehead atoms. The molecule has 1 N–H and O–H groups in total. The first-order chi connectivity index (χ1) is 20.3. The predicted molar refractivity (Wildman–Crippen MR) is 156 cm³/mol. The van der Waals surface area contributed by atoms with Crippen molar-refractivity contribution >= 4 is 24.1 Å². The van der Waals surface area contributed by atoms with Gasteiger partial charge in [0.15, 0.2) is 35.2 Å². The number of hydrogen-bond acceptors (Lipinski definition) is 10. The zero-order valence-corrected chi connectivity index (χ0v) is 24.1. The first kappa shape index (κ1) is 31.6. The number of ether oxygens (including phenoxy) is 7. The number of carbonyl (C=O) groups is 2. The second kappa shape index (κ2) is 15.7. The van der Waals surface area contributed by atoms with Crippen LogP contribution in [-0.4, -0.2) is 65.3 Å². The Kier molecular flexibility index (Phi) is 11.8. The largest absolute Gasteiger partial charge is 0.493 e. The van der Waals surface area contributed by atoms with Crippen LogP contribution < -0.4 is 23.7 Å². The van der Waals surface area contributed by atoms with Gasteiger partial charge in [-0.25, -0.2) is 9.59 Å². The molecule has 10 nitrogen and oxygen atoms in total. The SMILES string of the molecule is COC(=O)/C=C/c1ccc(OC(c2ccc(OC)c(OC)c2)C(CO)Oc2ccc(/C=C/C(=O)OC)cc2OC)cc1. The normalized spacial score (nSPS) is 12.4. The Balaban J connectivity index is 1.96. The molecular weight excluding hydrogens is 544 g/mol. The highest BCUT2D eigenvalue weighted by molar-refractivity contribution is 5.87. The molecule has 2 unspecified atom stereocenters. The van der Waals surface area contributed by atoms with Crippen LogP contribution in [0.15, 0.2) is 72.8 Å². The van der Waals surface area contributed by atoms with Crippen molar-refractivity contribution in [2.75, 3.05) is 42.2 Å². The minimum absolute atomic E-state index is 0.351. The average molecular weight is 579 g/mol. The number of aliphatic hydroxyl groups is 1. The highest BCUT2D eigenvalue weighted by Gasteiger charge is 2.29. The molecule has 0 aromatic heterocycles. The van der Waals surface area contributed by atoms with Crippen molar-refractivity contribution in [2.45, 2.75) is 12.2 Å². The van der Waals surface area contributed by atoms with Gasteiger partial charge in [-0.3, -0.25) is 0 Å². The third-order valence-electron chi connectivity index (χ3n) is 6.09. The van der Waals surface area contributed by atoms with Gasteiger partial charge in [0.2, 0.25) is 0 Å². The van der Waals surface area contributed by atoms with Gasteiger partial charge in [-0.15, -0.1) is 0 Å². The van der Waals surface area contributed by atoms with Gasteiger partial charge in [0.1, 0.15) is 5.75 Å². The highest BCUT2D eigenvalue weighted by Crippen LogP contribution is 2.36. The van der Waals surface area contributed by atoms with E-state index in [1.165, 1.54) is 47.7 Å². The predicted octanol–water partition coefficient (Wildman–Crippen LogP) is 4.64. The van der Waals surface area contributed by atoms with Gasteiger partial charge in [-0.1, -0.05) is 24.3 Å². The number of methoxy groups -OCH3 is 5. The molecule has 0 fully saturated rings. The van der Waals surface area contributed by atoms with E-state index < -0.39 is 30.8 Å². The number of esters is 2. The van der Waals surface area contributed by atoms with Gasteiger partial charge in [0.25, 0.3) is 0 Å². The summed E-state index contributed by atoms with van der Waals surface area (Å²) in [5.74, 6) is 1.27. The van der Waals surface area contributed by atoms with E-state index in [9.17, 15) is 14.7 Å². The van der Waals surface area contributed by atoms with Gasteiger partial charge in [0, 0.05) is 17.7 Å². The molecule has 2 atom stereocenters. The fraction of sp³-hybridized carbons (Fsp3) is 0.250. The van der Waals surface area contributed by atoms with Crippen LogP contribution in [-0.2, 0) is 19.1 Å². The Labute approximate surface area is 244 Å². The third kappa shape index (κ3) is 8.52. The summed E-state index contributed by atoms with van der Waals surface area (Å²) in [6, 6.07) is 17.4. The van der Waals surface area contributed by atoms with Gasteiger partial charge >= 0.3 is 11.9 Å². The van der Waals surface area contributed by atoms with Crippen molar-refractivity contribution in [1.82, 2.24) is 0 Å². The second-order valence-electron chi connectivity index (χ2n) is 8.68. The molecule has 3 aromatic carbocycles. The van der Waals surface area contributed by atoms with Crippen LogP contribution >= 0.6 is 0 Å². The van der Waals surface area contributed by atoms with Crippen LogP contribution in [0.5, 0.6) is 28.7 Å². The van der Waals surface area contributed by atoms with Gasteiger partial charge in [0.05, 0.1) is 42.2 Å². The van der Waals surface area contributed by atoms with Crippen LogP contribution in [0.1, 0.15) is 22.8 Å². The van der Waals surface area contributed by atoms with Gasteiger partial charge < -0.3 is 38.3 Å². The van der Waals surface area contributed by atoms with Crippen molar-refractivity contribution in [2.24, 2.45) is 0 Å². The van der Waals surface area contributed by atoms with E-state index in [0.717, 1.165) is 5.56 Å². The molecule has 10 heteroatoms. The fourth-order valence-corrected chi connectivity index (χ4v) is 3.90. The lowest BCUT2D eigenvalue weighted by atomic mass is 10.0. The quantitative estimate of drug-likeness (QED) is 0.214. The molecule has 0 aliphatic carbocycles. The molecule has 0 saturated carbocycles. The van der Waals surface area contributed by atoms with E-state index in [0.29, 0.717) is 39.9 Å². The maximum Gasteiger partial charge on any atom is 0.330 e. The summed E-state index contributed by atoms with van der Waals surface area (Å²) in [5, 5.41) is 10.5. The third-order valence-corrected chi connectivity index (χ3v) is 6.09. The van der Waals surface area contributed by atoms with Crippen LogP contribution in [0.4, 0.5) is 0 Å². The fourth-order valence-electron chi connectivity index (χ4n) is 3.90. The molecule has 0 saturated heterocycles. The van der Waals surface area contributed by atoms with Crippen molar-refractivity contribution in [1.29, 1.82) is 0 Å². The molecular formula is C32H34O10. The lowest BCUT2D eigenvalue weighted by molar-refractivity contribution is -0.135. The Bertz CT molecular complexity index is 1390. The highest BCUT2D eigenvalue weighted by atomic mass is 16.6. The van der Waals surface area contributed by atoms with Gasteiger partial charge in [-0.05, 0) is 59.7 Å². The Morgan fingerprint density at radius 2 is 1.21 bits per heavy atom. The number of benzene rings is 3. The summed E-state index contributed by atoms with van der Waals surface area (Å²) in [6.45, 7) is -0.411. The van der Waals surface area contributed by atoms with Crippen LogP contribution in [0.25, 0.3) is 12.2 Å². The maximum atomic E-state index is 11.5. The van der Waals surface area contributed by atoms with Crippen molar-refractivity contribution < 1.29 is 47.9 Å². The number of rotatable bonds is 14. The molecule has 0 radical (unpaired) electrons. The summed E-state index contributed by atoms with van der Waals surface area (Å²) in [6.07, 6.45) is 4.12. The summed E-state index contributed by atoms with van der Waals surface area (Å²) in [4.78, 5) is 22.9. The second-order valence-corrected chi connectivity index (χ2v) is 8.68. The topological polar surface area (TPSA) is 119 Å². The molecule has 0 aliphatic heterocycles. The Morgan fingerprint density at radius 3 is 1.79 bits per heavy atom. The number of aliphatic hydroxyl groups excluding tert-OH is 1. The summed E-state index contributed by atoms with van der Waals surface area (Å²) in [7, 11) is 7.16. The van der Waals surface area contributed by atoms with Crippen LogP contribution in [0.2, 0.25) is 0 Å². The summed E-state index contributed by atoms with van der Waals surface area (Å²) in [5.41, 5.74) is 2.09. The summed E-state index contributed by atoms with van der Waals surface area (Å²) >= 11 is 0. The zero-order chi connectivity index (χ0) is 30.5. The lowest BCUT2D eigenvalue weighted by Gasteiger charge is -2.29. The first-order valence-corrected chi connectivity index (χ1v) is 12.8. The lowest BCUT2D eigenvalue weighted by Crippen LogP contribution is -2.33. The van der Waals surface area contributed by atoms with E-state index >= 15 is 0 Å². The monoisotopic (exact) mass is 578 g/mol. The van der Waals surface area contributed by atoms with Crippen LogP contribution in [0, 0.1) is 0 Å². The van der Waals surface area contributed by atoms with Crippen molar-refractivity contribution in [3.8, 4) is 28.7 Å². The molecule has 0 amide bonds. The Hall–Kier alpha value is -4.96. The minimum Gasteiger partial charge on any atom is -0.493 e. The molecule has 0 aliphatic rings. The summed E-state index contributed by atoms with van der Waals surface area (Å²) < 4.78 is 38.3. The molecule has 0 spiro atoms. The smallest absolute Gasteiger partial charge is 0.330 e. The molecule has 42 heavy (non-hydrogen) atoms. The number of hydrogen-bond donors (Lipinski definition) is 1. The standard InChI is InChI=1S/C32H34O10/c1-36-25-15-11-23(19-28(25)38-3)32(41-24-12-6-21(7-13-24)9-16-30(34)39-4)29(20-33)42-26-14-8-22(18-27(26)37-2)10-17-31(35)40-5/h6-19,29,32-33H,20H2,1-5H3/b16-9+,17-10+. The zero-order valence-electron chi connectivity index (χ0n) is 24.1. The van der Waals surface area contributed by atoms with Crippen molar-refractivity contribution in [3.63, 3.8) is 0 Å². The molecule has 222 valence electrons. The molecule has 3 rings (SSSR count). The van der Waals surface area contributed by atoms with E-state index in [1.54, 1.807) is 72.8 Å². The average Bonchev–Trinajstić information content (AvgIpc) is 3.04. The molecule has 3 aromatic rings.